The van der Waals surface area contributed by atoms with Crippen molar-refractivity contribution < 1.29 is 27.7 Å². The van der Waals surface area contributed by atoms with Gasteiger partial charge in [0, 0.05) is 39.2 Å². The number of sulfonamides is 1. The molecule has 0 spiro atoms. The summed E-state index contributed by atoms with van der Waals surface area (Å²) < 4.78 is 42.0. The molecule has 166 valence electrons. The van der Waals surface area contributed by atoms with Crippen LogP contribution in [-0.2, 0) is 32.3 Å². The Balaban J connectivity index is 0.000000679. The Labute approximate surface area is 179 Å². The van der Waals surface area contributed by atoms with Gasteiger partial charge in [0.15, 0.2) is 0 Å². The maximum Gasteiger partial charge on any atom is 0.489 e. The Hall–Kier alpha value is -2.54. The number of carbonyl (C=O) groups excluding carboxylic acids is 1. The molecule has 0 unspecified atom stereocenters. The minimum absolute atomic E-state index is 0.0355. The second-order valence-electron chi connectivity index (χ2n) is 5.22. The summed E-state index contributed by atoms with van der Waals surface area (Å²) in [5.41, 5.74) is 6.11. The third-order valence-electron chi connectivity index (χ3n) is 3.38. The molecule has 10 nitrogen and oxygen atoms in total. The van der Waals surface area contributed by atoms with E-state index >= 15 is 0 Å². The van der Waals surface area contributed by atoms with Crippen LogP contribution in [0, 0.1) is 0 Å². The van der Waals surface area contributed by atoms with Crippen LogP contribution in [0.5, 0.6) is 0 Å². The lowest BCUT2D eigenvalue weighted by Crippen LogP contribution is -2.21. The van der Waals surface area contributed by atoms with Crippen LogP contribution in [0.4, 0.5) is 4.79 Å². The molecular formula is C18H29BN4O6S. The van der Waals surface area contributed by atoms with Crippen molar-refractivity contribution in [1.82, 2.24) is 14.7 Å². The van der Waals surface area contributed by atoms with Crippen LogP contribution >= 0.6 is 0 Å². The van der Waals surface area contributed by atoms with Crippen molar-refractivity contribution in [3.05, 3.63) is 54.1 Å². The molecule has 0 aliphatic heterocycles. The number of hydrogen-bond acceptors (Lipinski definition) is 9. The van der Waals surface area contributed by atoms with E-state index in [2.05, 4.69) is 25.1 Å². The highest BCUT2D eigenvalue weighted by Crippen LogP contribution is 2.14. The lowest BCUT2D eigenvalue weighted by atomic mass is 10.1. The number of carbonyl (C=O) groups is 1. The van der Waals surface area contributed by atoms with Gasteiger partial charge in [-0.3, -0.25) is 9.97 Å². The number of ether oxygens (including phenoxy) is 1. The van der Waals surface area contributed by atoms with Crippen LogP contribution in [0.2, 0.25) is 6.82 Å². The topological polar surface area (TPSA) is 154 Å². The quantitative estimate of drug-likeness (QED) is 0.386. The van der Waals surface area contributed by atoms with Crippen LogP contribution in [0.25, 0.3) is 0 Å². The summed E-state index contributed by atoms with van der Waals surface area (Å²) in [4.78, 5) is 18.7. The summed E-state index contributed by atoms with van der Waals surface area (Å²) in [6.07, 6.45) is 6.10. The van der Waals surface area contributed by atoms with Crippen molar-refractivity contribution in [3.8, 4) is 0 Å². The normalized spacial score (nSPS) is 10.4. The largest absolute Gasteiger partial charge is 0.510 e. The van der Waals surface area contributed by atoms with Gasteiger partial charge in [-0.05, 0) is 56.7 Å². The Kier molecular flexibility index (Phi) is 13.8. The molecule has 2 rings (SSSR count). The molecule has 0 saturated carbocycles. The molecule has 0 saturated heterocycles. The van der Waals surface area contributed by atoms with E-state index in [1.54, 1.807) is 12.4 Å². The average Bonchev–Trinajstić information content (AvgIpc) is 2.76. The molecule has 30 heavy (non-hydrogen) atoms. The average molecular weight is 442 g/mol. The number of aliphatic hydroxyl groups excluding tert-OH is 1. The number of aromatic nitrogens is 2. The van der Waals surface area contributed by atoms with Gasteiger partial charge in [0.25, 0.3) is 0 Å². The molecule has 12 heteroatoms. The predicted molar refractivity (Wildman–Crippen MR) is 115 cm³/mol. The molecule has 0 aliphatic carbocycles. The maximum absolute atomic E-state index is 11.8. The fourth-order valence-corrected chi connectivity index (χ4v) is 2.96. The van der Waals surface area contributed by atoms with Crippen LogP contribution < -0.4 is 10.5 Å². The summed E-state index contributed by atoms with van der Waals surface area (Å²) in [6.45, 7) is 1.54. The van der Waals surface area contributed by atoms with Gasteiger partial charge in [0.2, 0.25) is 10.0 Å². The Morgan fingerprint density at radius 2 is 1.87 bits per heavy atom. The number of aliphatic hydroxyl groups is 1. The minimum atomic E-state index is -3.61. The highest BCUT2D eigenvalue weighted by atomic mass is 32.2. The van der Waals surface area contributed by atoms with Crippen molar-refractivity contribution in [2.75, 3.05) is 27.3 Å². The summed E-state index contributed by atoms with van der Waals surface area (Å²) in [5.74, 6) is 0. The van der Waals surface area contributed by atoms with Crippen molar-refractivity contribution in [3.63, 3.8) is 0 Å². The van der Waals surface area contributed by atoms with E-state index in [0.29, 0.717) is 5.56 Å². The second kappa shape index (κ2) is 16.3. The summed E-state index contributed by atoms with van der Waals surface area (Å²) in [7, 11) is -1.82. The van der Waals surface area contributed by atoms with Crippen LogP contribution in [0.15, 0.2) is 47.9 Å². The summed E-state index contributed by atoms with van der Waals surface area (Å²) >= 11 is 0. The Morgan fingerprint density at radius 3 is 2.43 bits per heavy atom. The Bertz CT molecular complexity index is 859. The van der Waals surface area contributed by atoms with Gasteiger partial charge in [-0.2, -0.15) is 0 Å². The first kappa shape index (κ1) is 25.5. The van der Waals surface area contributed by atoms with Gasteiger partial charge in [0.05, 0.1) is 6.61 Å². The number of nitrogens with zero attached hydrogens (tertiary/aromatic N) is 2. The van der Waals surface area contributed by atoms with Crippen molar-refractivity contribution in [2.45, 2.75) is 24.6 Å². The molecule has 0 aliphatic rings. The molecule has 0 radical (unpaired) electrons. The zero-order valence-electron chi connectivity index (χ0n) is 18.3. The smallest absolute Gasteiger partial charge is 0.489 e. The summed E-state index contributed by atoms with van der Waals surface area (Å²) in [6, 6.07) is 5.33. The lowest BCUT2D eigenvalue weighted by molar-refractivity contribution is 0.102. The minimum Gasteiger partial charge on any atom is -0.510 e. The van der Waals surface area contributed by atoms with Crippen LogP contribution in [0.3, 0.4) is 0 Å². The fraction of sp³-hybridized carbons (Fsp3) is 0.389. The van der Waals surface area contributed by atoms with Gasteiger partial charge < -0.3 is 20.2 Å². The number of pyridine rings is 2. The van der Waals surface area contributed by atoms with E-state index < -0.39 is 23.6 Å². The maximum atomic E-state index is 11.8. The van der Waals surface area contributed by atoms with Crippen molar-refractivity contribution >= 4 is 23.6 Å². The number of hydrogen-bond donors (Lipinski definition) is 3. The predicted octanol–water partition coefficient (Wildman–Crippen LogP) is 0.276. The molecule has 0 atom stereocenters. The van der Waals surface area contributed by atoms with E-state index in [1.165, 1.54) is 39.4 Å². The fourth-order valence-electron chi connectivity index (χ4n) is 2.02. The van der Waals surface area contributed by atoms with E-state index in [9.17, 15) is 13.2 Å². The third kappa shape index (κ3) is 10.9. The lowest BCUT2D eigenvalue weighted by Gasteiger charge is -2.09. The van der Waals surface area contributed by atoms with E-state index in [1.807, 2.05) is 12.1 Å². The molecule has 0 aromatic carbocycles. The molecule has 0 amide bonds. The highest BCUT2D eigenvalue weighted by Gasteiger charge is 2.16. The molecule has 2 aromatic rings. The summed E-state index contributed by atoms with van der Waals surface area (Å²) in [5, 5.41) is 8.50. The Morgan fingerprint density at radius 1 is 1.23 bits per heavy atom. The molecule has 2 aromatic heterocycles. The van der Waals surface area contributed by atoms with Gasteiger partial charge >= 0.3 is 13.6 Å². The molecule has 0 bridgehead atoms. The van der Waals surface area contributed by atoms with E-state index in [4.69, 9.17) is 11.2 Å². The van der Waals surface area contributed by atoms with Gasteiger partial charge in [0.1, 0.15) is 4.90 Å². The standard InChI is InChI=1S/C10H15BN2O5S.C7H9NO.CH5N/c1-11-18-10(14)17-6-4-8-3-5-13-7-9(8)19(15,16)12-2;9-6-3-7-1-4-8-5-2-7;1-2/h3,5,7,11-12H,4,6H2,1-2H3;1-2,4-5,9H,3,6H2;2H2,1H3/i11T;;. The second-order valence-corrected chi connectivity index (χ2v) is 7.08. The highest BCUT2D eigenvalue weighted by molar-refractivity contribution is 7.89. The van der Waals surface area contributed by atoms with E-state index in [0.717, 1.165) is 12.0 Å². The zero-order valence-corrected chi connectivity index (χ0v) is 18.1. The number of rotatable bonds is 8. The first-order valence-electron chi connectivity index (χ1n) is 9.57. The monoisotopic (exact) mass is 442 g/mol. The third-order valence-corrected chi connectivity index (χ3v) is 4.87. The van der Waals surface area contributed by atoms with Gasteiger partial charge in [-0.25, -0.2) is 17.9 Å². The SMILES string of the molecule is CN.OCCc1ccncc1.[3H]B(C)OC(=O)OCCc1ccncc1S(=O)(=O)NC. The van der Waals surface area contributed by atoms with Crippen LogP contribution in [-0.4, -0.2) is 65.7 Å². The first-order valence-corrected chi connectivity index (χ1v) is 10.5. The van der Waals surface area contributed by atoms with E-state index in [-0.39, 0.29) is 24.5 Å². The number of nitrogens with one attached hydrogen (secondary N) is 1. The zero-order chi connectivity index (χ0) is 23.7. The van der Waals surface area contributed by atoms with Crippen LogP contribution in [0.1, 0.15) is 11.1 Å². The molecule has 0 fully saturated rings. The van der Waals surface area contributed by atoms with Gasteiger partial charge in [-0.15, -0.1) is 0 Å². The molecule has 2 heterocycles. The molecular weight excluding hydrogens is 411 g/mol. The van der Waals surface area contributed by atoms with Crippen molar-refractivity contribution in [2.24, 2.45) is 5.73 Å². The number of nitrogens with two attached hydrogens (primary N) is 1. The molecule has 4 N–H and O–H groups in total. The van der Waals surface area contributed by atoms with Gasteiger partial charge in [-0.1, -0.05) is 0 Å². The van der Waals surface area contributed by atoms with Crippen molar-refractivity contribution in [1.29, 1.82) is 1.34 Å². The first-order chi connectivity index (χ1) is 14.8.